The Kier molecular flexibility index (Phi) is 10.0. The summed E-state index contributed by atoms with van der Waals surface area (Å²) in [6.07, 6.45) is 5.07. The highest BCUT2D eigenvalue weighted by Crippen LogP contribution is 2.26. The molecule has 5 heteroatoms. The summed E-state index contributed by atoms with van der Waals surface area (Å²) in [4.78, 5) is 23.6. The van der Waals surface area contributed by atoms with Gasteiger partial charge in [0.1, 0.15) is 0 Å². The van der Waals surface area contributed by atoms with Crippen molar-refractivity contribution in [3.05, 3.63) is 35.4 Å². The molecular weight excluding hydrogens is 370 g/mol. The standard InChI is InChI=1S/C19H24BrNO3/c1-24-19(23)11-10-15-7-6-8-16(13-15)17(18(22)14-20)9-4-2-3-5-12-21/h6-8,13,17H,2-5,9-11,14H2,1H3. The second kappa shape index (κ2) is 11.8. The number of benzene rings is 1. The number of nitrogens with zero attached hydrogens (tertiary/aromatic N) is 1. The molecule has 24 heavy (non-hydrogen) atoms. The average molecular weight is 394 g/mol. The number of unbranched alkanes of at least 4 members (excludes halogenated alkanes) is 3. The van der Waals surface area contributed by atoms with Crippen molar-refractivity contribution in [1.82, 2.24) is 0 Å². The van der Waals surface area contributed by atoms with E-state index >= 15 is 0 Å². The summed E-state index contributed by atoms with van der Waals surface area (Å²) in [5.74, 6) is -0.198. The number of carbonyl (C=O) groups excluding carboxylic acids is 2. The number of rotatable bonds is 11. The Morgan fingerprint density at radius 3 is 2.75 bits per heavy atom. The van der Waals surface area contributed by atoms with Gasteiger partial charge in [-0.25, -0.2) is 0 Å². The molecular formula is C19H24BrNO3. The van der Waals surface area contributed by atoms with Crippen molar-refractivity contribution >= 4 is 27.7 Å². The molecule has 0 radical (unpaired) electrons. The van der Waals surface area contributed by atoms with Crippen molar-refractivity contribution < 1.29 is 14.3 Å². The van der Waals surface area contributed by atoms with Gasteiger partial charge in [-0.1, -0.05) is 53.0 Å². The summed E-state index contributed by atoms with van der Waals surface area (Å²) in [7, 11) is 1.38. The highest BCUT2D eigenvalue weighted by molar-refractivity contribution is 9.09. The van der Waals surface area contributed by atoms with Gasteiger partial charge in [0.15, 0.2) is 5.78 Å². The molecule has 1 aromatic rings. The van der Waals surface area contributed by atoms with Crippen molar-refractivity contribution in [1.29, 1.82) is 5.26 Å². The smallest absolute Gasteiger partial charge is 0.305 e. The van der Waals surface area contributed by atoms with Crippen LogP contribution in [0.3, 0.4) is 0 Å². The third-order valence-electron chi connectivity index (χ3n) is 4.00. The van der Waals surface area contributed by atoms with Crippen molar-refractivity contribution in [2.45, 2.75) is 50.9 Å². The highest BCUT2D eigenvalue weighted by atomic mass is 79.9. The molecule has 0 bridgehead atoms. The van der Waals surface area contributed by atoms with Crippen LogP contribution < -0.4 is 0 Å². The van der Waals surface area contributed by atoms with E-state index in [4.69, 9.17) is 5.26 Å². The normalized spacial score (nSPS) is 11.5. The first kappa shape index (κ1) is 20.4. The lowest BCUT2D eigenvalue weighted by Crippen LogP contribution is -2.14. The quantitative estimate of drug-likeness (QED) is 0.319. The molecule has 0 saturated heterocycles. The fraction of sp³-hybridized carbons (Fsp3) is 0.526. The lowest BCUT2D eigenvalue weighted by molar-refractivity contribution is -0.140. The average Bonchev–Trinajstić information content (AvgIpc) is 2.62. The van der Waals surface area contributed by atoms with Crippen LogP contribution in [-0.4, -0.2) is 24.2 Å². The van der Waals surface area contributed by atoms with Crippen LogP contribution in [0.15, 0.2) is 24.3 Å². The van der Waals surface area contributed by atoms with Crippen LogP contribution in [0.1, 0.15) is 55.6 Å². The van der Waals surface area contributed by atoms with Crippen molar-refractivity contribution in [3.63, 3.8) is 0 Å². The van der Waals surface area contributed by atoms with E-state index in [2.05, 4.69) is 26.7 Å². The lowest BCUT2D eigenvalue weighted by atomic mass is 9.88. The van der Waals surface area contributed by atoms with E-state index in [1.165, 1.54) is 7.11 Å². The predicted molar refractivity (Wildman–Crippen MR) is 97.0 cm³/mol. The molecule has 130 valence electrons. The van der Waals surface area contributed by atoms with E-state index < -0.39 is 0 Å². The molecule has 0 N–H and O–H groups in total. The van der Waals surface area contributed by atoms with Gasteiger partial charge >= 0.3 is 5.97 Å². The van der Waals surface area contributed by atoms with Gasteiger partial charge in [-0.2, -0.15) is 5.26 Å². The maximum absolute atomic E-state index is 12.3. The first-order valence-electron chi connectivity index (χ1n) is 8.23. The van der Waals surface area contributed by atoms with E-state index in [-0.39, 0.29) is 17.7 Å². The summed E-state index contributed by atoms with van der Waals surface area (Å²) in [5, 5.41) is 8.91. The Bertz CT molecular complexity index is 580. The zero-order valence-corrected chi connectivity index (χ0v) is 15.7. The Morgan fingerprint density at radius 1 is 1.29 bits per heavy atom. The number of aryl methyl sites for hydroxylation is 1. The fourth-order valence-corrected chi connectivity index (χ4v) is 3.04. The van der Waals surface area contributed by atoms with Crippen molar-refractivity contribution in [2.24, 2.45) is 0 Å². The molecule has 0 aromatic heterocycles. The first-order valence-corrected chi connectivity index (χ1v) is 9.35. The number of ketones is 1. The molecule has 1 aromatic carbocycles. The van der Waals surface area contributed by atoms with Crippen LogP contribution in [-0.2, 0) is 20.7 Å². The second-order valence-electron chi connectivity index (χ2n) is 5.73. The van der Waals surface area contributed by atoms with Crippen LogP contribution in [0, 0.1) is 11.3 Å². The van der Waals surface area contributed by atoms with Gasteiger partial charge in [0.2, 0.25) is 0 Å². The second-order valence-corrected chi connectivity index (χ2v) is 6.29. The fourth-order valence-electron chi connectivity index (χ4n) is 2.65. The summed E-state index contributed by atoms with van der Waals surface area (Å²) in [6, 6.07) is 10.0. The van der Waals surface area contributed by atoms with E-state index in [0.717, 1.165) is 36.8 Å². The monoisotopic (exact) mass is 393 g/mol. The van der Waals surface area contributed by atoms with E-state index in [1.807, 2.05) is 24.3 Å². The van der Waals surface area contributed by atoms with Gasteiger partial charge < -0.3 is 4.74 Å². The van der Waals surface area contributed by atoms with Gasteiger partial charge in [-0.05, 0) is 30.4 Å². The highest BCUT2D eigenvalue weighted by Gasteiger charge is 2.19. The molecule has 1 atom stereocenters. The number of halogens is 1. The van der Waals surface area contributed by atoms with Gasteiger partial charge in [0, 0.05) is 18.8 Å². The number of ether oxygens (including phenoxy) is 1. The van der Waals surface area contributed by atoms with Crippen molar-refractivity contribution in [2.75, 3.05) is 12.4 Å². The first-order chi connectivity index (χ1) is 11.6. The van der Waals surface area contributed by atoms with E-state index in [9.17, 15) is 9.59 Å². The van der Waals surface area contributed by atoms with Gasteiger partial charge in [0.25, 0.3) is 0 Å². The zero-order valence-electron chi connectivity index (χ0n) is 14.1. The Balaban J connectivity index is 2.73. The number of hydrogen-bond donors (Lipinski definition) is 0. The molecule has 0 aliphatic heterocycles. The number of methoxy groups -OCH3 is 1. The van der Waals surface area contributed by atoms with Crippen LogP contribution in [0.25, 0.3) is 0 Å². The Labute approximate surface area is 152 Å². The number of esters is 1. The Morgan fingerprint density at radius 2 is 2.08 bits per heavy atom. The minimum absolute atomic E-state index is 0.135. The van der Waals surface area contributed by atoms with Crippen LogP contribution in [0.4, 0.5) is 0 Å². The molecule has 1 rings (SSSR count). The molecule has 0 amide bonds. The van der Waals surface area contributed by atoms with Crippen molar-refractivity contribution in [3.8, 4) is 6.07 Å². The minimum atomic E-state index is -0.231. The van der Waals surface area contributed by atoms with Gasteiger partial charge in [-0.15, -0.1) is 0 Å². The molecule has 4 nitrogen and oxygen atoms in total. The minimum Gasteiger partial charge on any atom is -0.469 e. The number of alkyl halides is 1. The number of hydrogen-bond acceptors (Lipinski definition) is 4. The molecule has 0 fully saturated rings. The molecule has 0 heterocycles. The maximum atomic E-state index is 12.3. The third-order valence-corrected chi connectivity index (χ3v) is 4.55. The maximum Gasteiger partial charge on any atom is 0.305 e. The number of Topliss-reactive ketones (excluding diaryl/α,β-unsaturated/α-hetero) is 1. The van der Waals surface area contributed by atoms with Gasteiger partial charge in [0.05, 0.1) is 18.5 Å². The summed E-state index contributed by atoms with van der Waals surface area (Å²) < 4.78 is 4.67. The van der Waals surface area contributed by atoms with E-state index in [0.29, 0.717) is 24.6 Å². The lowest BCUT2D eigenvalue weighted by Gasteiger charge is -2.16. The summed E-state index contributed by atoms with van der Waals surface area (Å²) >= 11 is 3.27. The molecule has 0 aliphatic rings. The van der Waals surface area contributed by atoms with Crippen LogP contribution in [0.5, 0.6) is 0 Å². The zero-order chi connectivity index (χ0) is 17.8. The van der Waals surface area contributed by atoms with Gasteiger partial charge in [-0.3, -0.25) is 9.59 Å². The molecule has 0 spiro atoms. The number of carbonyl (C=O) groups is 2. The molecule has 0 aliphatic carbocycles. The van der Waals surface area contributed by atoms with Crippen LogP contribution >= 0.6 is 15.9 Å². The topological polar surface area (TPSA) is 67.2 Å². The molecule has 1 unspecified atom stereocenters. The van der Waals surface area contributed by atoms with Crippen LogP contribution in [0.2, 0.25) is 0 Å². The third kappa shape index (κ3) is 7.27. The number of nitriles is 1. The van der Waals surface area contributed by atoms with E-state index in [1.54, 1.807) is 0 Å². The Hall–Kier alpha value is -1.67. The SMILES string of the molecule is COC(=O)CCc1cccc(C(CCCCCC#N)C(=O)CBr)c1. The summed E-state index contributed by atoms with van der Waals surface area (Å²) in [6.45, 7) is 0. The molecule has 0 saturated carbocycles. The largest absolute Gasteiger partial charge is 0.469 e. The summed E-state index contributed by atoms with van der Waals surface area (Å²) in [5.41, 5.74) is 2.04. The predicted octanol–water partition coefficient (Wildman–Crippen LogP) is 4.31.